The molecule has 0 aliphatic rings. The summed E-state index contributed by atoms with van der Waals surface area (Å²) in [5.74, 6) is 0.0972. The van der Waals surface area contributed by atoms with Crippen molar-refractivity contribution in [3.8, 4) is 0 Å². The monoisotopic (exact) mass is 206 g/mol. The first-order valence-electron chi connectivity index (χ1n) is 5.00. The molecule has 0 N–H and O–H groups in total. The molecule has 0 radical (unpaired) electrons. The summed E-state index contributed by atoms with van der Waals surface area (Å²) in [6.45, 7) is 5.73. The second-order valence-corrected chi connectivity index (χ2v) is 4.47. The highest BCUT2D eigenvalue weighted by molar-refractivity contribution is 6.02. The number of aryl methyl sites for hydroxylation is 1. The molecule has 0 bridgehead atoms. The van der Waals surface area contributed by atoms with E-state index in [9.17, 15) is 4.79 Å². The van der Waals surface area contributed by atoms with E-state index in [0.717, 1.165) is 5.69 Å². The predicted molar refractivity (Wildman–Crippen MR) is 61.1 cm³/mol. The third-order valence-corrected chi connectivity index (χ3v) is 2.85. The van der Waals surface area contributed by atoms with Crippen molar-refractivity contribution >= 4 is 5.78 Å². The van der Waals surface area contributed by atoms with Crippen molar-refractivity contribution < 1.29 is 4.79 Å². The van der Waals surface area contributed by atoms with E-state index >= 15 is 0 Å². The highest BCUT2D eigenvalue weighted by Gasteiger charge is 2.30. The number of aromatic nitrogens is 1. The maximum Gasteiger partial charge on any atom is 0.184 e. The molecule has 0 fully saturated rings. The van der Waals surface area contributed by atoms with Gasteiger partial charge in [-0.25, -0.2) is 0 Å². The fourth-order valence-electron chi connectivity index (χ4n) is 1.16. The maximum atomic E-state index is 12.1. The van der Waals surface area contributed by atoms with E-state index in [1.165, 1.54) is 0 Å². The molecule has 0 spiro atoms. The standard InChI is InChI=1S/C12H18N2O/c1-9-6-7-10(8-13-9)11(15)12(2,3)14(4)5/h6-8H,1-5H3. The van der Waals surface area contributed by atoms with E-state index in [1.807, 2.05) is 51.9 Å². The van der Waals surface area contributed by atoms with Gasteiger partial charge >= 0.3 is 0 Å². The zero-order valence-electron chi connectivity index (χ0n) is 10.0. The second-order valence-electron chi connectivity index (χ2n) is 4.47. The van der Waals surface area contributed by atoms with Gasteiger partial charge in [0.2, 0.25) is 0 Å². The van der Waals surface area contributed by atoms with Crippen LogP contribution in [0.5, 0.6) is 0 Å². The maximum absolute atomic E-state index is 12.1. The molecular formula is C12H18N2O. The number of Topliss-reactive ketones (excluding diaryl/α,β-unsaturated/α-hetero) is 1. The van der Waals surface area contributed by atoms with Crippen LogP contribution in [0.1, 0.15) is 29.9 Å². The van der Waals surface area contributed by atoms with Crippen LogP contribution < -0.4 is 0 Å². The number of likely N-dealkylation sites (N-methyl/N-ethyl adjacent to an activating group) is 1. The number of ketones is 1. The van der Waals surface area contributed by atoms with Gasteiger partial charge in [-0.15, -0.1) is 0 Å². The highest BCUT2D eigenvalue weighted by Crippen LogP contribution is 2.17. The number of hydrogen-bond acceptors (Lipinski definition) is 3. The summed E-state index contributed by atoms with van der Waals surface area (Å²) in [6, 6.07) is 3.69. The summed E-state index contributed by atoms with van der Waals surface area (Å²) in [5, 5.41) is 0. The SMILES string of the molecule is Cc1ccc(C(=O)C(C)(C)N(C)C)cn1. The number of nitrogens with zero attached hydrogens (tertiary/aromatic N) is 2. The zero-order valence-corrected chi connectivity index (χ0v) is 10.0. The first-order chi connectivity index (χ1) is 6.85. The van der Waals surface area contributed by atoms with Gasteiger partial charge in [0.05, 0.1) is 5.54 Å². The van der Waals surface area contributed by atoms with Crippen molar-refractivity contribution in [1.29, 1.82) is 0 Å². The van der Waals surface area contributed by atoms with Gasteiger partial charge in [-0.05, 0) is 47.0 Å². The van der Waals surface area contributed by atoms with Crippen LogP contribution in [0.2, 0.25) is 0 Å². The second kappa shape index (κ2) is 4.11. The minimum atomic E-state index is -0.489. The summed E-state index contributed by atoms with van der Waals surface area (Å²) in [5.41, 5.74) is 1.10. The van der Waals surface area contributed by atoms with Crippen LogP contribution in [0.15, 0.2) is 18.3 Å². The molecule has 0 amide bonds. The lowest BCUT2D eigenvalue weighted by molar-refractivity contribution is 0.0755. The normalized spacial score (nSPS) is 11.9. The third-order valence-electron chi connectivity index (χ3n) is 2.85. The largest absolute Gasteiger partial charge is 0.297 e. The van der Waals surface area contributed by atoms with Crippen molar-refractivity contribution in [2.45, 2.75) is 26.3 Å². The van der Waals surface area contributed by atoms with Gasteiger partial charge in [-0.3, -0.25) is 14.7 Å². The molecule has 0 atom stereocenters. The smallest absolute Gasteiger partial charge is 0.184 e. The van der Waals surface area contributed by atoms with E-state index in [0.29, 0.717) is 5.56 Å². The van der Waals surface area contributed by atoms with E-state index in [1.54, 1.807) is 6.20 Å². The van der Waals surface area contributed by atoms with E-state index in [4.69, 9.17) is 0 Å². The van der Waals surface area contributed by atoms with Crippen LogP contribution in [0.3, 0.4) is 0 Å². The van der Waals surface area contributed by atoms with E-state index < -0.39 is 5.54 Å². The quantitative estimate of drug-likeness (QED) is 0.708. The molecule has 0 aliphatic heterocycles. The van der Waals surface area contributed by atoms with Crippen molar-refractivity contribution in [3.05, 3.63) is 29.6 Å². The van der Waals surface area contributed by atoms with Crippen LogP contribution in [-0.4, -0.2) is 35.3 Å². The van der Waals surface area contributed by atoms with Crippen molar-refractivity contribution in [2.24, 2.45) is 0 Å². The van der Waals surface area contributed by atoms with Gasteiger partial charge in [0.1, 0.15) is 0 Å². The predicted octanol–water partition coefficient (Wildman–Crippen LogP) is 1.91. The summed E-state index contributed by atoms with van der Waals surface area (Å²) in [7, 11) is 3.80. The average molecular weight is 206 g/mol. The Bertz CT molecular complexity index is 352. The lowest BCUT2D eigenvalue weighted by Gasteiger charge is -2.30. The fraction of sp³-hybridized carbons (Fsp3) is 0.500. The van der Waals surface area contributed by atoms with Gasteiger partial charge in [0.25, 0.3) is 0 Å². The molecule has 0 saturated heterocycles. The molecule has 3 heteroatoms. The minimum absolute atomic E-state index is 0.0972. The Labute approximate surface area is 91.1 Å². The molecule has 1 rings (SSSR count). The van der Waals surface area contributed by atoms with Gasteiger partial charge < -0.3 is 0 Å². The molecule has 15 heavy (non-hydrogen) atoms. The van der Waals surface area contributed by atoms with Crippen LogP contribution in [0.25, 0.3) is 0 Å². The average Bonchev–Trinajstić information content (AvgIpc) is 2.17. The summed E-state index contributed by atoms with van der Waals surface area (Å²) in [6.07, 6.45) is 1.64. The fourth-order valence-corrected chi connectivity index (χ4v) is 1.16. The molecule has 3 nitrogen and oxygen atoms in total. The Morgan fingerprint density at radius 3 is 2.33 bits per heavy atom. The van der Waals surface area contributed by atoms with Crippen LogP contribution in [0, 0.1) is 6.92 Å². The Kier molecular flexibility index (Phi) is 3.25. The summed E-state index contributed by atoms with van der Waals surface area (Å²) >= 11 is 0. The van der Waals surface area contributed by atoms with E-state index in [2.05, 4.69) is 4.98 Å². The van der Waals surface area contributed by atoms with Crippen LogP contribution in [0.4, 0.5) is 0 Å². The van der Waals surface area contributed by atoms with E-state index in [-0.39, 0.29) is 5.78 Å². The Morgan fingerprint density at radius 1 is 1.33 bits per heavy atom. The number of hydrogen-bond donors (Lipinski definition) is 0. The van der Waals surface area contributed by atoms with Gasteiger partial charge in [-0.1, -0.05) is 0 Å². The summed E-state index contributed by atoms with van der Waals surface area (Å²) < 4.78 is 0. The lowest BCUT2D eigenvalue weighted by Crippen LogP contribution is -2.45. The Hall–Kier alpha value is -1.22. The molecule has 0 aromatic carbocycles. The molecule has 0 saturated carbocycles. The van der Waals surface area contributed by atoms with Gasteiger partial charge in [-0.2, -0.15) is 0 Å². The van der Waals surface area contributed by atoms with Gasteiger partial charge in [0, 0.05) is 17.5 Å². The highest BCUT2D eigenvalue weighted by atomic mass is 16.1. The lowest BCUT2D eigenvalue weighted by atomic mass is 9.93. The first kappa shape index (κ1) is 11.9. The molecule has 1 aromatic rings. The number of rotatable bonds is 3. The third kappa shape index (κ3) is 2.42. The van der Waals surface area contributed by atoms with Crippen molar-refractivity contribution in [2.75, 3.05) is 14.1 Å². The number of carbonyl (C=O) groups is 1. The van der Waals surface area contributed by atoms with Crippen molar-refractivity contribution in [1.82, 2.24) is 9.88 Å². The number of pyridine rings is 1. The molecule has 1 heterocycles. The molecule has 0 aliphatic carbocycles. The first-order valence-corrected chi connectivity index (χ1v) is 5.00. The Morgan fingerprint density at radius 2 is 1.93 bits per heavy atom. The van der Waals surface area contributed by atoms with Gasteiger partial charge in [0.15, 0.2) is 5.78 Å². The molecular weight excluding hydrogens is 188 g/mol. The zero-order chi connectivity index (χ0) is 11.6. The molecule has 82 valence electrons. The minimum Gasteiger partial charge on any atom is -0.297 e. The Balaban J connectivity index is 3.00. The van der Waals surface area contributed by atoms with Crippen LogP contribution in [-0.2, 0) is 0 Å². The van der Waals surface area contributed by atoms with Crippen LogP contribution >= 0.6 is 0 Å². The molecule has 1 aromatic heterocycles. The summed E-state index contributed by atoms with van der Waals surface area (Å²) in [4.78, 5) is 18.2. The molecule has 0 unspecified atom stereocenters. The van der Waals surface area contributed by atoms with Crippen molar-refractivity contribution in [3.63, 3.8) is 0 Å². The number of carbonyl (C=O) groups excluding carboxylic acids is 1. The topological polar surface area (TPSA) is 33.2 Å².